The highest BCUT2D eigenvalue weighted by Crippen LogP contribution is 2.30. The third-order valence-corrected chi connectivity index (χ3v) is 4.89. The molecule has 0 atom stereocenters. The molecule has 2 heterocycles. The lowest BCUT2D eigenvalue weighted by Crippen LogP contribution is -2.40. The average Bonchev–Trinajstić information content (AvgIpc) is 2.60. The van der Waals surface area contributed by atoms with Crippen LogP contribution in [0.2, 0.25) is 0 Å². The van der Waals surface area contributed by atoms with E-state index in [1.165, 1.54) is 19.4 Å². The first-order valence-electron chi connectivity index (χ1n) is 9.47. The molecule has 3 rings (SSSR count). The summed E-state index contributed by atoms with van der Waals surface area (Å²) in [6, 6.07) is 5.75. The first-order chi connectivity index (χ1) is 12.1. The molecule has 1 aromatic rings. The largest absolute Gasteiger partial charge is 0.486 e. The standard InChI is InChI=1S/C20H30N2O3/c1-15(2)14-22-7-5-16(6-8-22)13-21-20(23)12-17-3-4-18-19(11-17)25-10-9-24-18/h3-4,11,15-16H,5-10,12-14H2,1-2H3,(H,21,23). The number of likely N-dealkylation sites (tertiary alicyclic amines) is 1. The van der Waals surface area contributed by atoms with Gasteiger partial charge in [-0.15, -0.1) is 0 Å². The second kappa shape index (κ2) is 8.56. The summed E-state index contributed by atoms with van der Waals surface area (Å²) in [5.41, 5.74) is 0.966. The topological polar surface area (TPSA) is 50.8 Å². The normalized spacial score (nSPS) is 18.4. The van der Waals surface area contributed by atoms with Gasteiger partial charge in [-0.3, -0.25) is 4.79 Å². The summed E-state index contributed by atoms with van der Waals surface area (Å²) in [7, 11) is 0. The molecule has 2 aliphatic rings. The number of piperidine rings is 1. The smallest absolute Gasteiger partial charge is 0.224 e. The van der Waals surface area contributed by atoms with Crippen LogP contribution in [0.1, 0.15) is 32.3 Å². The van der Waals surface area contributed by atoms with Crippen LogP contribution in [0.5, 0.6) is 11.5 Å². The van der Waals surface area contributed by atoms with Gasteiger partial charge in [-0.1, -0.05) is 19.9 Å². The molecule has 2 aliphatic heterocycles. The Labute approximate surface area is 150 Å². The van der Waals surface area contributed by atoms with Crippen LogP contribution in [0, 0.1) is 11.8 Å². The highest BCUT2D eigenvalue weighted by molar-refractivity contribution is 5.78. The number of rotatable bonds is 6. The predicted molar refractivity (Wildman–Crippen MR) is 98.1 cm³/mol. The average molecular weight is 346 g/mol. The zero-order valence-corrected chi connectivity index (χ0v) is 15.4. The molecule has 0 radical (unpaired) electrons. The highest BCUT2D eigenvalue weighted by Gasteiger charge is 2.20. The maximum Gasteiger partial charge on any atom is 0.224 e. The number of ether oxygens (including phenoxy) is 2. The van der Waals surface area contributed by atoms with Crippen LogP contribution in [0.3, 0.4) is 0 Å². The lowest BCUT2D eigenvalue weighted by Gasteiger charge is -2.33. The van der Waals surface area contributed by atoms with Gasteiger partial charge in [-0.2, -0.15) is 0 Å². The van der Waals surface area contributed by atoms with Gasteiger partial charge in [0.15, 0.2) is 11.5 Å². The zero-order chi connectivity index (χ0) is 17.6. The van der Waals surface area contributed by atoms with E-state index in [-0.39, 0.29) is 5.91 Å². The van der Waals surface area contributed by atoms with Crippen molar-refractivity contribution in [3.05, 3.63) is 23.8 Å². The number of hydrogen-bond donors (Lipinski definition) is 1. The summed E-state index contributed by atoms with van der Waals surface area (Å²) in [5.74, 6) is 2.92. The van der Waals surface area contributed by atoms with Crippen LogP contribution in [-0.4, -0.2) is 50.2 Å². The van der Waals surface area contributed by atoms with Gasteiger partial charge in [0.2, 0.25) is 5.91 Å². The monoisotopic (exact) mass is 346 g/mol. The van der Waals surface area contributed by atoms with Crippen LogP contribution >= 0.6 is 0 Å². The Morgan fingerprint density at radius 3 is 2.64 bits per heavy atom. The molecule has 0 spiro atoms. The van der Waals surface area contributed by atoms with Gasteiger partial charge in [0.1, 0.15) is 13.2 Å². The van der Waals surface area contributed by atoms with E-state index in [0.29, 0.717) is 25.6 Å². The number of fused-ring (bicyclic) bond motifs is 1. The predicted octanol–water partition coefficient (Wildman–Crippen LogP) is 2.48. The highest BCUT2D eigenvalue weighted by atomic mass is 16.6. The fourth-order valence-electron chi connectivity index (χ4n) is 3.59. The molecule has 0 saturated carbocycles. The maximum absolute atomic E-state index is 12.2. The molecule has 1 aromatic carbocycles. The lowest BCUT2D eigenvalue weighted by molar-refractivity contribution is -0.120. The van der Waals surface area contributed by atoms with Crippen LogP contribution in [0.25, 0.3) is 0 Å². The van der Waals surface area contributed by atoms with E-state index in [0.717, 1.165) is 42.6 Å². The number of benzene rings is 1. The molecule has 1 fully saturated rings. The number of nitrogens with one attached hydrogen (secondary N) is 1. The van der Waals surface area contributed by atoms with E-state index >= 15 is 0 Å². The minimum Gasteiger partial charge on any atom is -0.486 e. The Kier molecular flexibility index (Phi) is 6.19. The van der Waals surface area contributed by atoms with E-state index in [1.807, 2.05) is 18.2 Å². The Hall–Kier alpha value is -1.75. The molecule has 0 unspecified atom stereocenters. The summed E-state index contributed by atoms with van der Waals surface area (Å²) in [6.45, 7) is 9.97. The molecule has 5 heteroatoms. The van der Waals surface area contributed by atoms with E-state index in [9.17, 15) is 4.79 Å². The molecule has 0 aromatic heterocycles. The van der Waals surface area contributed by atoms with Crippen LogP contribution < -0.4 is 14.8 Å². The van der Waals surface area contributed by atoms with E-state index < -0.39 is 0 Å². The van der Waals surface area contributed by atoms with Gasteiger partial charge >= 0.3 is 0 Å². The number of amides is 1. The Morgan fingerprint density at radius 2 is 1.92 bits per heavy atom. The van der Waals surface area contributed by atoms with Gasteiger partial charge in [0.25, 0.3) is 0 Å². The summed E-state index contributed by atoms with van der Waals surface area (Å²) >= 11 is 0. The first kappa shape index (κ1) is 18.1. The van der Waals surface area contributed by atoms with Crippen molar-refractivity contribution in [2.75, 3.05) is 39.4 Å². The summed E-state index contributed by atoms with van der Waals surface area (Å²) < 4.78 is 11.1. The third kappa shape index (κ3) is 5.36. The van der Waals surface area contributed by atoms with Crippen LogP contribution in [-0.2, 0) is 11.2 Å². The Balaban J connectivity index is 1.40. The van der Waals surface area contributed by atoms with Crippen LogP contribution in [0.4, 0.5) is 0 Å². The number of carbonyl (C=O) groups excluding carboxylic acids is 1. The summed E-state index contributed by atoms with van der Waals surface area (Å²) in [4.78, 5) is 14.8. The number of nitrogens with zero attached hydrogens (tertiary/aromatic N) is 1. The van der Waals surface area contributed by atoms with Crippen molar-refractivity contribution >= 4 is 5.91 Å². The molecule has 0 bridgehead atoms. The van der Waals surface area contributed by atoms with Gasteiger partial charge in [-0.05, 0) is 55.5 Å². The second-order valence-corrected chi connectivity index (χ2v) is 7.60. The third-order valence-electron chi connectivity index (χ3n) is 4.89. The molecule has 1 amide bonds. The van der Waals surface area contributed by atoms with E-state index in [2.05, 4.69) is 24.1 Å². The van der Waals surface area contributed by atoms with Gasteiger partial charge in [0.05, 0.1) is 6.42 Å². The summed E-state index contributed by atoms with van der Waals surface area (Å²) in [6.07, 6.45) is 2.75. The van der Waals surface area contributed by atoms with Crippen molar-refractivity contribution in [3.63, 3.8) is 0 Å². The van der Waals surface area contributed by atoms with Gasteiger partial charge < -0.3 is 19.7 Å². The molecular formula is C20H30N2O3. The van der Waals surface area contributed by atoms with E-state index in [4.69, 9.17) is 9.47 Å². The fraction of sp³-hybridized carbons (Fsp3) is 0.650. The van der Waals surface area contributed by atoms with E-state index in [1.54, 1.807) is 0 Å². The molecule has 0 aliphatic carbocycles. The van der Waals surface area contributed by atoms with Crippen molar-refractivity contribution in [2.45, 2.75) is 33.1 Å². The first-order valence-corrected chi connectivity index (χ1v) is 9.47. The van der Waals surface area contributed by atoms with Gasteiger partial charge in [-0.25, -0.2) is 0 Å². The van der Waals surface area contributed by atoms with Crippen LogP contribution in [0.15, 0.2) is 18.2 Å². The van der Waals surface area contributed by atoms with Gasteiger partial charge in [0, 0.05) is 13.1 Å². The van der Waals surface area contributed by atoms with Crippen molar-refractivity contribution in [1.82, 2.24) is 10.2 Å². The molecule has 138 valence electrons. The second-order valence-electron chi connectivity index (χ2n) is 7.60. The maximum atomic E-state index is 12.2. The Morgan fingerprint density at radius 1 is 1.20 bits per heavy atom. The number of carbonyl (C=O) groups is 1. The van der Waals surface area contributed by atoms with Crippen molar-refractivity contribution in [2.24, 2.45) is 11.8 Å². The zero-order valence-electron chi connectivity index (χ0n) is 15.4. The SMILES string of the molecule is CC(C)CN1CCC(CNC(=O)Cc2ccc3c(c2)OCCO3)CC1. The van der Waals surface area contributed by atoms with Crippen molar-refractivity contribution in [3.8, 4) is 11.5 Å². The minimum absolute atomic E-state index is 0.0845. The summed E-state index contributed by atoms with van der Waals surface area (Å²) in [5, 5.41) is 3.11. The minimum atomic E-state index is 0.0845. The molecular weight excluding hydrogens is 316 g/mol. The molecule has 5 nitrogen and oxygen atoms in total. The van der Waals surface area contributed by atoms with Crippen molar-refractivity contribution < 1.29 is 14.3 Å². The molecule has 1 N–H and O–H groups in total. The number of hydrogen-bond acceptors (Lipinski definition) is 4. The molecule has 25 heavy (non-hydrogen) atoms. The fourth-order valence-corrected chi connectivity index (χ4v) is 3.59. The van der Waals surface area contributed by atoms with Crippen molar-refractivity contribution in [1.29, 1.82) is 0 Å². The lowest BCUT2D eigenvalue weighted by atomic mass is 9.96. The Bertz CT molecular complexity index is 580. The quantitative estimate of drug-likeness (QED) is 0.860. The molecule has 1 saturated heterocycles.